The summed E-state index contributed by atoms with van der Waals surface area (Å²) in [6.07, 6.45) is 6.92. The molecule has 2 atom stereocenters. The van der Waals surface area contributed by atoms with Crippen molar-refractivity contribution in [2.24, 2.45) is 0 Å². The summed E-state index contributed by atoms with van der Waals surface area (Å²) in [5, 5.41) is 18.7. The fraction of sp³-hybridized carbons (Fsp3) is 0.190. The lowest BCUT2D eigenvalue weighted by Gasteiger charge is -2.25. The number of aromatic nitrogens is 1. The van der Waals surface area contributed by atoms with Gasteiger partial charge in [-0.1, -0.05) is 30.4 Å². The third-order valence-electron chi connectivity index (χ3n) is 4.58. The summed E-state index contributed by atoms with van der Waals surface area (Å²) in [5.41, 5.74) is 3.01. The first kappa shape index (κ1) is 18.7. The molecule has 0 radical (unpaired) electrons. The van der Waals surface area contributed by atoms with Gasteiger partial charge in [-0.25, -0.2) is 4.98 Å². The van der Waals surface area contributed by atoms with Crippen molar-refractivity contribution in [2.75, 3.05) is 11.9 Å². The number of hydrogen-bond acceptors (Lipinski definition) is 4. The highest BCUT2D eigenvalue weighted by Crippen LogP contribution is 2.34. The number of phenolic OH excluding ortho intramolecular Hbond substituents is 1. The standard InChI is InChI=1S/C21H18ClN3O2/c1-13-9-15(11-23)24-12-17(13)16-10-14(7-8-18(16)22)21(27)25(2)19-5-3-4-6-20(19)26/h3-10,12,16,18,26H,1-2H3. The highest BCUT2D eigenvalue weighted by molar-refractivity contribution is 6.23. The molecule has 2 aromatic rings. The first-order valence-electron chi connectivity index (χ1n) is 8.39. The number of nitrogens with zero attached hydrogens (tertiary/aromatic N) is 3. The summed E-state index contributed by atoms with van der Waals surface area (Å²) in [6.45, 7) is 1.89. The highest BCUT2D eigenvalue weighted by Gasteiger charge is 2.26. The van der Waals surface area contributed by atoms with Gasteiger partial charge in [-0.2, -0.15) is 5.26 Å². The van der Waals surface area contributed by atoms with Gasteiger partial charge in [0.25, 0.3) is 5.91 Å². The van der Waals surface area contributed by atoms with Gasteiger partial charge in [0.05, 0.1) is 11.1 Å². The largest absolute Gasteiger partial charge is 0.506 e. The van der Waals surface area contributed by atoms with E-state index in [1.165, 1.54) is 11.0 Å². The predicted octanol–water partition coefficient (Wildman–Crippen LogP) is 3.82. The Labute approximate surface area is 162 Å². The number of amides is 1. The fourth-order valence-corrected chi connectivity index (χ4v) is 3.37. The zero-order chi connectivity index (χ0) is 19.6. The molecule has 0 spiro atoms. The van der Waals surface area contributed by atoms with Crippen LogP contribution in [0.4, 0.5) is 5.69 Å². The Bertz CT molecular complexity index is 991. The van der Waals surface area contributed by atoms with Gasteiger partial charge in [-0.15, -0.1) is 11.6 Å². The molecule has 1 aromatic heterocycles. The first-order chi connectivity index (χ1) is 12.9. The predicted molar refractivity (Wildman–Crippen MR) is 105 cm³/mol. The van der Waals surface area contributed by atoms with E-state index < -0.39 is 0 Å². The third kappa shape index (κ3) is 3.71. The van der Waals surface area contributed by atoms with Gasteiger partial charge in [0.1, 0.15) is 17.5 Å². The van der Waals surface area contributed by atoms with Crippen molar-refractivity contribution < 1.29 is 9.90 Å². The molecule has 0 saturated carbocycles. The molecule has 136 valence electrons. The van der Waals surface area contributed by atoms with Crippen molar-refractivity contribution >= 4 is 23.2 Å². The molecular weight excluding hydrogens is 362 g/mol. The van der Waals surface area contributed by atoms with Gasteiger partial charge < -0.3 is 10.0 Å². The van der Waals surface area contributed by atoms with Gasteiger partial charge in [-0.3, -0.25) is 4.79 Å². The van der Waals surface area contributed by atoms with Crippen LogP contribution in [-0.4, -0.2) is 28.4 Å². The van der Waals surface area contributed by atoms with Crippen LogP contribution in [0.2, 0.25) is 0 Å². The number of para-hydroxylation sites is 2. The number of likely N-dealkylation sites (N-methyl/N-ethyl adjacent to an activating group) is 1. The molecule has 1 amide bonds. The normalized spacial score (nSPS) is 18.5. The van der Waals surface area contributed by atoms with E-state index in [0.717, 1.165) is 11.1 Å². The number of pyridine rings is 1. The lowest BCUT2D eigenvalue weighted by molar-refractivity contribution is -0.114. The molecular formula is C21H18ClN3O2. The molecule has 3 rings (SSSR count). The zero-order valence-corrected chi connectivity index (χ0v) is 15.7. The van der Waals surface area contributed by atoms with Crippen molar-refractivity contribution in [3.63, 3.8) is 0 Å². The summed E-state index contributed by atoms with van der Waals surface area (Å²) in [7, 11) is 1.61. The molecule has 1 N–H and O–H groups in total. The monoisotopic (exact) mass is 379 g/mol. The van der Waals surface area contributed by atoms with Crippen LogP contribution in [-0.2, 0) is 4.79 Å². The lowest BCUT2D eigenvalue weighted by Crippen LogP contribution is -2.29. The Morgan fingerprint density at radius 2 is 2.11 bits per heavy atom. The number of hydrogen-bond donors (Lipinski definition) is 1. The van der Waals surface area contributed by atoms with Crippen molar-refractivity contribution in [1.82, 2.24) is 4.98 Å². The Morgan fingerprint density at radius 1 is 1.37 bits per heavy atom. The highest BCUT2D eigenvalue weighted by atomic mass is 35.5. The number of allylic oxidation sites excluding steroid dienone is 2. The Kier molecular flexibility index (Phi) is 5.29. The number of carbonyl (C=O) groups is 1. The molecule has 1 aliphatic rings. The van der Waals surface area contributed by atoms with E-state index in [0.29, 0.717) is 17.0 Å². The molecule has 0 saturated heterocycles. The van der Waals surface area contributed by atoms with Crippen LogP contribution in [0.5, 0.6) is 5.75 Å². The quantitative estimate of drug-likeness (QED) is 0.822. The second-order valence-corrected chi connectivity index (χ2v) is 6.85. The molecule has 5 nitrogen and oxygen atoms in total. The number of phenols is 1. The molecule has 0 bridgehead atoms. The molecule has 0 fully saturated rings. The third-order valence-corrected chi connectivity index (χ3v) is 5.00. The van der Waals surface area contributed by atoms with Gasteiger partial charge in [0, 0.05) is 24.7 Å². The average molecular weight is 380 g/mol. The number of halogens is 1. The molecule has 0 aliphatic heterocycles. The van der Waals surface area contributed by atoms with E-state index in [1.807, 2.05) is 19.1 Å². The number of anilines is 1. The topological polar surface area (TPSA) is 77.2 Å². The molecule has 2 unspecified atom stereocenters. The minimum Gasteiger partial charge on any atom is -0.506 e. The smallest absolute Gasteiger partial charge is 0.257 e. The van der Waals surface area contributed by atoms with Crippen LogP contribution < -0.4 is 4.90 Å². The van der Waals surface area contributed by atoms with Crippen LogP contribution in [0.1, 0.15) is 22.7 Å². The average Bonchev–Trinajstić information content (AvgIpc) is 2.68. The maximum Gasteiger partial charge on any atom is 0.257 e. The summed E-state index contributed by atoms with van der Waals surface area (Å²) >= 11 is 6.47. The van der Waals surface area contributed by atoms with Crippen molar-refractivity contribution in [1.29, 1.82) is 5.26 Å². The Morgan fingerprint density at radius 3 is 2.78 bits per heavy atom. The second-order valence-electron chi connectivity index (χ2n) is 6.34. The minimum absolute atomic E-state index is 0.0349. The fourth-order valence-electron chi connectivity index (χ4n) is 3.09. The van der Waals surface area contributed by atoms with E-state index in [1.54, 1.807) is 49.7 Å². The number of alkyl halides is 1. The number of aryl methyl sites for hydroxylation is 1. The maximum atomic E-state index is 12.9. The lowest BCUT2D eigenvalue weighted by atomic mass is 9.87. The van der Waals surface area contributed by atoms with Gasteiger partial charge >= 0.3 is 0 Å². The van der Waals surface area contributed by atoms with E-state index >= 15 is 0 Å². The van der Waals surface area contributed by atoms with Crippen molar-refractivity contribution in [3.8, 4) is 11.8 Å². The van der Waals surface area contributed by atoms with Crippen LogP contribution >= 0.6 is 11.6 Å². The second kappa shape index (κ2) is 7.65. The number of benzene rings is 1. The van der Waals surface area contributed by atoms with Crippen molar-refractivity contribution in [2.45, 2.75) is 18.2 Å². The summed E-state index contributed by atoms with van der Waals surface area (Å²) < 4.78 is 0. The maximum absolute atomic E-state index is 12.9. The Balaban J connectivity index is 1.93. The summed E-state index contributed by atoms with van der Waals surface area (Å²) in [5.74, 6) is -0.457. The zero-order valence-electron chi connectivity index (χ0n) is 14.9. The SMILES string of the molecule is Cc1cc(C#N)ncc1C1C=C(C(=O)N(C)c2ccccc2O)C=CC1Cl. The molecule has 1 heterocycles. The molecule has 1 aliphatic carbocycles. The first-order valence-corrected chi connectivity index (χ1v) is 8.82. The van der Waals surface area contributed by atoms with E-state index in [2.05, 4.69) is 4.98 Å². The van der Waals surface area contributed by atoms with Gasteiger partial charge in [0.2, 0.25) is 0 Å². The van der Waals surface area contributed by atoms with Crippen LogP contribution in [0, 0.1) is 18.3 Å². The number of rotatable bonds is 3. The van der Waals surface area contributed by atoms with Gasteiger partial charge in [-0.05, 0) is 36.2 Å². The van der Waals surface area contributed by atoms with Crippen LogP contribution in [0.25, 0.3) is 0 Å². The summed E-state index contributed by atoms with van der Waals surface area (Å²) in [4.78, 5) is 18.4. The number of nitriles is 1. The summed E-state index contributed by atoms with van der Waals surface area (Å²) in [6, 6.07) is 10.4. The minimum atomic E-state index is -0.328. The van der Waals surface area contributed by atoms with Crippen molar-refractivity contribution in [3.05, 3.63) is 77.2 Å². The van der Waals surface area contributed by atoms with Crippen LogP contribution in [0.15, 0.2) is 60.3 Å². The number of carbonyl (C=O) groups excluding carboxylic acids is 1. The van der Waals surface area contributed by atoms with E-state index in [-0.39, 0.29) is 23.0 Å². The Hall–Kier alpha value is -3.10. The molecule has 1 aromatic carbocycles. The van der Waals surface area contributed by atoms with E-state index in [4.69, 9.17) is 16.9 Å². The number of aromatic hydroxyl groups is 1. The van der Waals surface area contributed by atoms with Gasteiger partial charge in [0.15, 0.2) is 0 Å². The molecule has 6 heteroatoms. The van der Waals surface area contributed by atoms with Crippen LogP contribution in [0.3, 0.4) is 0 Å². The molecule has 27 heavy (non-hydrogen) atoms. The van der Waals surface area contributed by atoms with E-state index in [9.17, 15) is 9.90 Å².